The van der Waals surface area contributed by atoms with Crippen LogP contribution in [0.5, 0.6) is 0 Å². The highest BCUT2D eigenvalue weighted by atomic mass is 19.1. The summed E-state index contributed by atoms with van der Waals surface area (Å²) in [5.41, 5.74) is 1.11. The Hall–Kier alpha value is -0.930. The molecule has 1 rings (SSSR count). The molecule has 0 heterocycles. The molecule has 0 aromatic heterocycles. The van der Waals surface area contributed by atoms with Gasteiger partial charge in [-0.25, -0.2) is 4.39 Å². The number of hydrogen-bond acceptors (Lipinski definition) is 2. The Morgan fingerprint density at radius 1 is 1.33 bits per heavy atom. The number of hydrogen-bond donors (Lipinski definition) is 1. The first-order chi connectivity index (χ1) is 8.40. The van der Waals surface area contributed by atoms with Crippen LogP contribution in [0.15, 0.2) is 24.3 Å². The minimum Gasteiger partial charge on any atom is -0.384 e. The lowest BCUT2D eigenvalue weighted by atomic mass is 9.98. The minimum absolute atomic E-state index is 0.0912. The molecule has 3 heteroatoms. The minimum atomic E-state index is -0.174. The maximum absolute atomic E-state index is 13.1. The van der Waals surface area contributed by atoms with Crippen LogP contribution >= 0.6 is 0 Å². The largest absolute Gasteiger partial charge is 0.384 e. The highest BCUT2D eigenvalue weighted by Gasteiger charge is 2.15. The molecule has 0 spiro atoms. The summed E-state index contributed by atoms with van der Waals surface area (Å²) in [7, 11) is 1.70. The third-order valence-corrected chi connectivity index (χ3v) is 2.74. The van der Waals surface area contributed by atoms with Crippen LogP contribution in [0.1, 0.15) is 26.3 Å². The van der Waals surface area contributed by atoms with E-state index in [2.05, 4.69) is 26.1 Å². The van der Waals surface area contributed by atoms with Crippen molar-refractivity contribution in [3.8, 4) is 0 Å². The standard InChI is InChI=1S/C15H24FNO/c1-15(2,3)17-10-13(11-18-4)8-12-6-5-7-14(16)9-12/h5-7,9,13,17H,8,10-11H2,1-4H3. The summed E-state index contributed by atoms with van der Waals surface area (Å²) in [5.74, 6) is 0.184. The third kappa shape index (κ3) is 6.12. The van der Waals surface area contributed by atoms with E-state index in [1.165, 1.54) is 6.07 Å². The van der Waals surface area contributed by atoms with Crippen LogP contribution in [0.4, 0.5) is 4.39 Å². The van der Waals surface area contributed by atoms with E-state index in [1.54, 1.807) is 19.2 Å². The molecular weight excluding hydrogens is 229 g/mol. The Balaban J connectivity index is 2.57. The van der Waals surface area contributed by atoms with Gasteiger partial charge in [0.05, 0.1) is 6.61 Å². The molecule has 1 atom stereocenters. The van der Waals surface area contributed by atoms with Crippen molar-refractivity contribution in [2.45, 2.75) is 32.7 Å². The van der Waals surface area contributed by atoms with Crippen molar-refractivity contribution in [1.29, 1.82) is 0 Å². The molecular formula is C15H24FNO. The van der Waals surface area contributed by atoms with Crippen LogP contribution < -0.4 is 5.32 Å². The van der Waals surface area contributed by atoms with Gasteiger partial charge in [-0.3, -0.25) is 0 Å². The van der Waals surface area contributed by atoms with Gasteiger partial charge in [0, 0.05) is 19.2 Å². The average molecular weight is 253 g/mol. The summed E-state index contributed by atoms with van der Waals surface area (Å²) < 4.78 is 18.4. The lowest BCUT2D eigenvalue weighted by Gasteiger charge is -2.25. The number of rotatable bonds is 6. The Bertz CT molecular complexity index is 360. The highest BCUT2D eigenvalue weighted by Crippen LogP contribution is 2.12. The SMILES string of the molecule is COCC(CNC(C)(C)C)Cc1cccc(F)c1. The Kier molecular flexibility index (Phi) is 5.76. The molecule has 0 fully saturated rings. The fraction of sp³-hybridized carbons (Fsp3) is 0.600. The van der Waals surface area contributed by atoms with E-state index in [1.807, 2.05) is 6.07 Å². The van der Waals surface area contributed by atoms with Crippen molar-refractivity contribution in [2.24, 2.45) is 5.92 Å². The number of ether oxygens (including phenoxy) is 1. The van der Waals surface area contributed by atoms with E-state index in [-0.39, 0.29) is 11.4 Å². The van der Waals surface area contributed by atoms with Crippen molar-refractivity contribution in [3.05, 3.63) is 35.6 Å². The van der Waals surface area contributed by atoms with E-state index in [9.17, 15) is 4.39 Å². The van der Waals surface area contributed by atoms with E-state index < -0.39 is 0 Å². The van der Waals surface area contributed by atoms with Crippen molar-refractivity contribution >= 4 is 0 Å². The summed E-state index contributed by atoms with van der Waals surface area (Å²) in [5, 5.41) is 3.47. The quantitative estimate of drug-likeness (QED) is 0.841. The molecule has 2 nitrogen and oxygen atoms in total. The Labute approximate surface area is 110 Å². The van der Waals surface area contributed by atoms with Crippen LogP contribution in [0, 0.1) is 11.7 Å². The molecule has 0 aliphatic carbocycles. The second kappa shape index (κ2) is 6.86. The number of halogens is 1. The molecule has 1 unspecified atom stereocenters. The van der Waals surface area contributed by atoms with Crippen LogP contribution in [0.3, 0.4) is 0 Å². The zero-order valence-corrected chi connectivity index (χ0v) is 11.8. The topological polar surface area (TPSA) is 21.3 Å². The van der Waals surface area contributed by atoms with Gasteiger partial charge in [-0.05, 0) is 50.8 Å². The first-order valence-corrected chi connectivity index (χ1v) is 6.39. The lowest BCUT2D eigenvalue weighted by molar-refractivity contribution is 0.146. The van der Waals surface area contributed by atoms with Gasteiger partial charge in [0.2, 0.25) is 0 Å². The Morgan fingerprint density at radius 2 is 2.06 bits per heavy atom. The van der Waals surface area contributed by atoms with Crippen LogP contribution in [-0.2, 0) is 11.2 Å². The van der Waals surface area contributed by atoms with Gasteiger partial charge < -0.3 is 10.1 Å². The first-order valence-electron chi connectivity index (χ1n) is 6.39. The fourth-order valence-electron chi connectivity index (χ4n) is 1.87. The van der Waals surface area contributed by atoms with Gasteiger partial charge in [0.15, 0.2) is 0 Å². The zero-order valence-electron chi connectivity index (χ0n) is 11.8. The molecule has 0 bridgehead atoms. The second-order valence-corrected chi connectivity index (χ2v) is 5.79. The van der Waals surface area contributed by atoms with Crippen molar-refractivity contribution in [2.75, 3.05) is 20.3 Å². The molecule has 1 aromatic carbocycles. The van der Waals surface area contributed by atoms with Crippen molar-refractivity contribution in [3.63, 3.8) is 0 Å². The maximum atomic E-state index is 13.1. The Morgan fingerprint density at radius 3 is 2.61 bits per heavy atom. The smallest absolute Gasteiger partial charge is 0.123 e. The van der Waals surface area contributed by atoms with Crippen LogP contribution in [0.25, 0.3) is 0 Å². The fourth-order valence-corrected chi connectivity index (χ4v) is 1.87. The van der Waals surface area contributed by atoms with Crippen LogP contribution in [-0.4, -0.2) is 25.8 Å². The maximum Gasteiger partial charge on any atom is 0.123 e. The molecule has 1 aromatic rings. The van der Waals surface area contributed by atoms with Gasteiger partial charge in [-0.2, -0.15) is 0 Å². The number of nitrogens with one attached hydrogen (secondary N) is 1. The molecule has 0 radical (unpaired) electrons. The predicted octanol–water partition coefficient (Wildman–Crippen LogP) is 3.02. The number of benzene rings is 1. The average Bonchev–Trinajstić information content (AvgIpc) is 2.25. The van der Waals surface area contributed by atoms with Crippen molar-refractivity contribution in [1.82, 2.24) is 5.32 Å². The second-order valence-electron chi connectivity index (χ2n) is 5.79. The number of methoxy groups -OCH3 is 1. The monoisotopic (exact) mass is 253 g/mol. The molecule has 0 amide bonds. The van der Waals surface area contributed by atoms with Gasteiger partial charge in [-0.1, -0.05) is 12.1 Å². The molecule has 0 saturated carbocycles. The third-order valence-electron chi connectivity index (χ3n) is 2.74. The summed E-state index contributed by atoms with van der Waals surface area (Å²) in [6.07, 6.45) is 0.828. The van der Waals surface area contributed by atoms with E-state index in [4.69, 9.17) is 4.74 Å². The summed E-state index contributed by atoms with van der Waals surface area (Å²) >= 11 is 0. The van der Waals surface area contributed by atoms with Crippen LogP contribution in [0.2, 0.25) is 0 Å². The first kappa shape index (κ1) is 15.1. The van der Waals surface area contributed by atoms with Gasteiger partial charge >= 0.3 is 0 Å². The molecule has 0 aliphatic rings. The highest BCUT2D eigenvalue weighted by molar-refractivity contribution is 5.17. The predicted molar refractivity (Wildman–Crippen MR) is 73.2 cm³/mol. The van der Waals surface area contributed by atoms with Gasteiger partial charge in [0.25, 0.3) is 0 Å². The van der Waals surface area contributed by atoms with Crippen molar-refractivity contribution < 1.29 is 9.13 Å². The van der Waals surface area contributed by atoms with E-state index in [0.29, 0.717) is 12.5 Å². The molecule has 0 saturated heterocycles. The molecule has 0 aliphatic heterocycles. The molecule has 18 heavy (non-hydrogen) atoms. The van der Waals surface area contributed by atoms with Gasteiger partial charge in [0.1, 0.15) is 5.82 Å². The normalized spacial score (nSPS) is 13.6. The lowest BCUT2D eigenvalue weighted by Crippen LogP contribution is -2.40. The zero-order chi connectivity index (χ0) is 13.6. The molecule has 102 valence electrons. The summed E-state index contributed by atoms with van der Waals surface area (Å²) in [6.45, 7) is 7.96. The van der Waals surface area contributed by atoms with Gasteiger partial charge in [-0.15, -0.1) is 0 Å². The molecule has 1 N–H and O–H groups in total. The summed E-state index contributed by atoms with van der Waals surface area (Å²) in [4.78, 5) is 0. The summed E-state index contributed by atoms with van der Waals surface area (Å²) in [6, 6.07) is 6.79. The van der Waals surface area contributed by atoms with E-state index >= 15 is 0 Å². The van der Waals surface area contributed by atoms with E-state index in [0.717, 1.165) is 18.5 Å².